The quantitative estimate of drug-likeness (QED) is 0.603. The van der Waals surface area contributed by atoms with E-state index in [-0.39, 0.29) is 17.5 Å². The number of rotatable bonds is 5. The van der Waals surface area contributed by atoms with Gasteiger partial charge in [0, 0.05) is 30.0 Å². The van der Waals surface area contributed by atoms with Gasteiger partial charge in [-0.2, -0.15) is 18.3 Å². The van der Waals surface area contributed by atoms with Crippen molar-refractivity contribution < 1.29 is 27.8 Å². The first kappa shape index (κ1) is 22.1. The van der Waals surface area contributed by atoms with Crippen molar-refractivity contribution in [2.75, 3.05) is 12.4 Å². The van der Waals surface area contributed by atoms with E-state index in [9.17, 15) is 23.1 Å². The number of pyridine rings is 1. The summed E-state index contributed by atoms with van der Waals surface area (Å²) in [6, 6.07) is 4.25. The van der Waals surface area contributed by atoms with Gasteiger partial charge in [-0.05, 0) is 44.7 Å². The van der Waals surface area contributed by atoms with Gasteiger partial charge in [-0.3, -0.25) is 14.5 Å². The highest BCUT2D eigenvalue weighted by molar-refractivity contribution is 6.06. The second-order valence-electron chi connectivity index (χ2n) is 8.61. The van der Waals surface area contributed by atoms with Gasteiger partial charge < -0.3 is 15.2 Å². The van der Waals surface area contributed by atoms with Gasteiger partial charge in [0.2, 0.25) is 0 Å². The predicted molar refractivity (Wildman–Crippen MR) is 112 cm³/mol. The molecule has 170 valence electrons. The molecule has 4 rings (SSSR count). The van der Waals surface area contributed by atoms with E-state index >= 15 is 0 Å². The van der Waals surface area contributed by atoms with Crippen LogP contribution in [0.25, 0.3) is 10.9 Å². The minimum atomic E-state index is -4.60. The zero-order valence-electron chi connectivity index (χ0n) is 17.8. The lowest BCUT2D eigenvalue weighted by molar-refractivity contribution is -0.137. The normalized spacial score (nSPS) is 19.0. The van der Waals surface area contributed by atoms with E-state index in [2.05, 4.69) is 15.4 Å². The molecule has 0 aliphatic heterocycles. The van der Waals surface area contributed by atoms with Crippen LogP contribution in [0.15, 0.2) is 36.8 Å². The van der Waals surface area contributed by atoms with Crippen LogP contribution < -0.4 is 10.1 Å². The molecule has 0 saturated heterocycles. The zero-order valence-corrected chi connectivity index (χ0v) is 17.8. The molecule has 32 heavy (non-hydrogen) atoms. The number of anilines is 1. The van der Waals surface area contributed by atoms with Crippen molar-refractivity contribution in [2.45, 2.75) is 44.5 Å². The number of hydrogen-bond acceptors (Lipinski definition) is 5. The van der Waals surface area contributed by atoms with E-state index < -0.39 is 23.2 Å². The molecular weight excluding hydrogens is 425 g/mol. The van der Waals surface area contributed by atoms with E-state index in [1.165, 1.54) is 7.11 Å². The first-order valence-electron chi connectivity index (χ1n) is 10.1. The summed E-state index contributed by atoms with van der Waals surface area (Å²) in [5.41, 5.74) is -0.983. The lowest BCUT2D eigenvalue weighted by Gasteiger charge is -2.42. The number of hydrogen-bond donors (Lipinski definition) is 2. The average Bonchev–Trinajstić information content (AvgIpc) is 3.06. The summed E-state index contributed by atoms with van der Waals surface area (Å²) >= 11 is 0. The molecule has 1 aliphatic rings. The lowest BCUT2D eigenvalue weighted by atomic mass is 9.71. The number of carbonyl (C=O) groups excluding carboxylic acids is 1. The molecule has 2 heterocycles. The van der Waals surface area contributed by atoms with Gasteiger partial charge in [-0.25, -0.2) is 0 Å². The van der Waals surface area contributed by atoms with Crippen LogP contribution in [-0.4, -0.2) is 38.5 Å². The summed E-state index contributed by atoms with van der Waals surface area (Å²) < 4.78 is 46.0. The molecule has 1 saturated carbocycles. The van der Waals surface area contributed by atoms with Crippen LogP contribution in [-0.2, 0) is 6.18 Å². The van der Waals surface area contributed by atoms with Crippen LogP contribution in [0.3, 0.4) is 0 Å². The van der Waals surface area contributed by atoms with Gasteiger partial charge in [-0.15, -0.1) is 0 Å². The topological polar surface area (TPSA) is 89.3 Å². The molecule has 10 heteroatoms. The number of aliphatic hydroxyl groups is 1. The van der Waals surface area contributed by atoms with Crippen molar-refractivity contribution in [3.05, 3.63) is 47.9 Å². The molecule has 0 unspecified atom stereocenters. The van der Waals surface area contributed by atoms with Gasteiger partial charge >= 0.3 is 6.18 Å². The molecule has 1 aliphatic carbocycles. The average molecular weight is 448 g/mol. The molecule has 0 radical (unpaired) electrons. The number of nitrogens with zero attached hydrogens (tertiary/aromatic N) is 3. The van der Waals surface area contributed by atoms with E-state index in [1.54, 1.807) is 26.0 Å². The number of amides is 1. The fourth-order valence-electron chi connectivity index (χ4n) is 3.82. The van der Waals surface area contributed by atoms with Crippen LogP contribution in [0, 0.1) is 5.92 Å². The first-order valence-corrected chi connectivity index (χ1v) is 10.1. The standard InChI is InChI=1S/C22H23F3N4O3/c1-21(2,31)14-6-16(7-14)29-11-13-5-18(19(32-3)8-17(13)28-29)27-20(30)12-4-15(10-26-9-12)22(23,24)25/h4-5,8-11,14,16,31H,6-7H2,1-3H3,(H,27,30)/t14-,16-. The number of ether oxygens (including phenoxy) is 1. The Balaban J connectivity index is 1.57. The molecule has 1 aromatic carbocycles. The zero-order chi connectivity index (χ0) is 23.3. The molecule has 2 N–H and O–H groups in total. The Morgan fingerprint density at radius 2 is 1.94 bits per heavy atom. The van der Waals surface area contributed by atoms with Crippen molar-refractivity contribution in [3.63, 3.8) is 0 Å². The van der Waals surface area contributed by atoms with Gasteiger partial charge in [0.15, 0.2) is 0 Å². The number of aromatic nitrogens is 3. The number of alkyl halides is 3. The van der Waals surface area contributed by atoms with E-state index in [0.29, 0.717) is 23.2 Å². The van der Waals surface area contributed by atoms with Crippen LogP contribution in [0.4, 0.5) is 18.9 Å². The SMILES string of the molecule is COc1cc2nn([C@H]3C[C@H](C(C)(C)O)C3)cc2cc1NC(=O)c1cncc(C(F)(F)F)c1. The highest BCUT2D eigenvalue weighted by atomic mass is 19.4. The number of carbonyl (C=O) groups is 1. The smallest absolute Gasteiger partial charge is 0.417 e. The Morgan fingerprint density at radius 1 is 1.22 bits per heavy atom. The number of benzene rings is 1. The molecule has 3 aromatic rings. The molecule has 0 bridgehead atoms. The summed E-state index contributed by atoms with van der Waals surface area (Å²) in [6.45, 7) is 3.60. The third-order valence-electron chi connectivity index (χ3n) is 5.91. The minimum Gasteiger partial charge on any atom is -0.494 e. The monoisotopic (exact) mass is 448 g/mol. The fourth-order valence-corrected chi connectivity index (χ4v) is 3.82. The summed E-state index contributed by atoms with van der Waals surface area (Å²) in [6.07, 6.45) is 0.604. The van der Waals surface area contributed by atoms with Crippen molar-refractivity contribution >= 4 is 22.5 Å². The Morgan fingerprint density at radius 3 is 2.56 bits per heavy atom. The first-order chi connectivity index (χ1) is 15.0. The van der Waals surface area contributed by atoms with E-state index in [4.69, 9.17) is 4.74 Å². The summed E-state index contributed by atoms with van der Waals surface area (Å²) in [5, 5.41) is 18.1. The second-order valence-corrected chi connectivity index (χ2v) is 8.61. The third-order valence-corrected chi connectivity index (χ3v) is 5.91. The largest absolute Gasteiger partial charge is 0.494 e. The maximum absolute atomic E-state index is 12.9. The van der Waals surface area contributed by atoms with Crippen LogP contribution in [0.2, 0.25) is 0 Å². The molecule has 0 atom stereocenters. The van der Waals surface area contributed by atoms with Crippen molar-refractivity contribution in [3.8, 4) is 5.75 Å². The molecule has 2 aromatic heterocycles. The minimum absolute atomic E-state index is 0.166. The van der Waals surface area contributed by atoms with Crippen LogP contribution in [0.1, 0.15) is 48.7 Å². The second kappa shape index (κ2) is 7.77. The van der Waals surface area contributed by atoms with E-state index in [1.807, 2.05) is 10.9 Å². The van der Waals surface area contributed by atoms with Gasteiger partial charge in [0.05, 0.1) is 41.1 Å². The van der Waals surface area contributed by atoms with Gasteiger partial charge in [0.1, 0.15) is 5.75 Å². The highest BCUT2D eigenvalue weighted by Gasteiger charge is 2.40. The fraction of sp³-hybridized carbons (Fsp3) is 0.409. The Bertz CT molecular complexity index is 1160. The molecule has 1 fully saturated rings. The number of halogens is 3. The Kier molecular flexibility index (Phi) is 5.36. The summed E-state index contributed by atoms with van der Waals surface area (Å²) in [7, 11) is 1.43. The summed E-state index contributed by atoms with van der Waals surface area (Å²) in [4.78, 5) is 16.1. The van der Waals surface area contributed by atoms with Gasteiger partial charge in [0.25, 0.3) is 5.91 Å². The maximum atomic E-state index is 12.9. The number of fused-ring (bicyclic) bond motifs is 1. The molecule has 0 spiro atoms. The van der Waals surface area contributed by atoms with Crippen LogP contribution >= 0.6 is 0 Å². The maximum Gasteiger partial charge on any atom is 0.417 e. The van der Waals surface area contributed by atoms with Crippen molar-refractivity contribution in [2.24, 2.45) is 5.92 Å². The van der Waals surface area contributed by atoms with Crippen molar-refractivity contribution in [1.29, 1.82) is 0 Å². The predicted octanol–water partition coefficient (Wildman–Crippen LogP) is 4.43. The Labute approximate surface area is 182 Å². The number of nitrogens with one attached hydrogen (secondary N) is 1. The molecular formula is C22H23F3N4O3. The summed E-state index contributed by atoms with van der Waals surface area (Å²) in [5.74, 6) is -0.204. The van der Waals surface area contributed by atoms with E-state index in [0.717, 1.165) is 30.5 Å². The third kappa shape index (κ3) is 4.27. The van der Waals surface area contributed by atoms with Gasteiger partial charge in [-0.1, -0.05) is 0 Å². The lowest BCUT2D eigenvalue weighted by Crippen LogP contribution is -2.41. The van der Waals surface area contributed by atoms with Crippen molar-refractivity contribution in [1.82, 2.24) is 14.8 Å². The Hall–Kier alpha value is -3.14. The molecule has 1 amide bonds. The number of methoxy groups -OCH3 is 1. The van der Waals surface area contributed by atoms with Crippen LogP contribution in [0.5, 0.6) is 5.75 Å². The highest BCUT2D eigenvalue weighted by Crippen LogP contribution is 2.44. The molecule has 7 nitrogen and oxygen atoms in total.